The van der Waals surface area contributed by atoms with Gasteiger partial charge in [0, 0.05) is 11.1 Å². The van der Waals surface area contributed by atoms with Crippen LogP contribution in [0.1, 0.15) is 29.9 Å². The SMILES string of the molecule is N#Cc1ccc(Cl)cc1C1CC(N)C1.O=C(O)C(F)(F)F. The molecular formula is C13H12ClF3N2O2. The molecule has 0 saturated heterocycles. The highest BCUT2D eigenvalue weighted by molar-refractivity contribution is 6.30. The van der Waals surface area contributed by atoms with Gasteiger partial charge in [-0.05, 0) is 42.5 Å². The van der Waals surface area contributed by atoms with Crippen LogP contribution < -0.4 is 5.73 Å². The van der Waals surface area contributed by atoms with E-state index in [1.807, 2.05) is 6.07 Å². The first-order valence-corrected chi connectivity index (χ1v) is 6.28. The van der Waals surface area contributed by atoms with E-state index in [2.05, 4.69) is 6.07 Å². The second kappa shape index (κ2) is 6.78. The van der Waals surface area contributed by atoms with Crippen LogP contribution in [0.2, 0.25) is 5.02 Å². The van der Waals surface area contributed by atoms with E-state index in [1.54, 1.807) is 12.1 Å². The van der Waals surface area contributed by atoms with Crippen LogP contribution in [-0.2, 0) is 4.79 Å². The smallest absolute Gasteiger partial charge is 0.475 e. The van der Waals surface area contributed by atoms with Crippen LogP contribution in [0.25, 0.3) is 0 Å². The Morgan fingerprint density at radius 3 is 2.33 bits per heavy atom. The molecule has 1 fully saturated rings. The first kappa shape index (κ1) is 17.3. The van der Waals surface area contributed by atoms with E-state index in [9.17, 15) is 13.2 Å². The quantitative estimate of drug-likeness (QED) is 0.832. The molecule has 0 bridgehead atoms. The van der Waals surface area contributed by atoms with Gasteiger partial charge in [0.2, 0.25) is 0 Å². The second-order valence-electron chi connectivity index (χ2n) is 4.57. The third-order valence-corrected chi connectivity index (χ3v) is 3.23. The summed E-state index contributed by atoms with van der Waals surface area (Å²) in [6, 6.07) is 7.90. The fourth-order valence-electron chi connectivity index (χ4n) is 1.89. The number of carboxylic acids is 1. The Hall–Kier alpha value is -1.78. The first-order chi connectivity index (χ1) is 9.65. The van der Waals surface area contributed by atoms with Gasteiger partial charge >= 0.3 is 12.1 Å². The van der Waals surface area contributed by atoms with E-state index in [0.29, 0.717) is 17.0 Å². The molecule has 3 N–H and O–H groups in total. The molecule has 2 rings (SSSR count). The number of hydrogen-bond donors (Lipinski definition) is 2. The molecule has 0 atom stereocenters. The Morgan fingerprint density at radius 2 is 1.95 bits per heavy atom. The van der Waals surface area contributed by atoms with Crippen molar-refractivity contribution < 1.29 is 23.1 Å². The number of alkyl halides is 3. The predicted octanol–water partition coefficient (Wildman–Crippen LogP) is 3.05. The summed E-state index contributed by atoms with van der Waals surface area (Å²) in [6.45, 7) is 0. The maximum atomic E-state index is 10.6. The van der Waals surface area contributed by atoms with Crippen molar-refractivity contribution >= 4 is 17.6 Å². The molecule has 8 heteroatoms. The number of nitrogens with zero attached hydrogens (tertiary/aromatic N) is 1. The van der Waals surface area contributed by atoms with Crippen molar-refractivity contribution in [3.63, 3.8) is 0 Å². The second-order valence-corrected chi connectivity index (χ2v) is 5.01. The number of hydrogen-bond acceptors (Lipinski definition) is 3. The summed E-state index contributed by atoms with van der Waals surface area (Å²) in [7, 11) is 0. The fourth-order valence-corrected chi connectivity index (χ4v) is 2.07. The molecule has 0 unspecified atom stereocenters. The van der Waals surface area contributed by atoms with Crippen molar-refractivity contribution in [3.8, 4) is 6.07 Å². The normalized spacial score (nSPS) is 20.6. The fraction of sp³-hybridized carbons (Fsp3) is 0.385. The number of benzene rings is 1. The molecule has 4 nitrogen and oxygen atoms in total. The molecule has 1 aromatic rings. The number of nitrogens with two attached hydrogens (primary N) is 1. The lowest BCUT2D eigenvalue weighted by Gasteiger charge is -2.33. The van der Waals surface area contributed by atoms with E-state index < -0.39 is 12.1 Å². The monoisotopic (exact) mass is 320 g/mol. The summed E-state index contributed by atoms with van der Waals surface area (Å²) >= 11 is 5.89. The Kier molecular flexibility index (Phi) is 5.58. The third kappa shape index (κ3) is 4.92. The highest BCUT2D eigenvalue weighted by Gasteiger charge is 2.38. The molecule has 0 aliphatic heterocycles. The summed E-state index contributed by atoms with van der Waals surface area (Å²) in [6.07, 6.45) is -3.15. The highest BCUT2D eigenvalue weighted by Crippen LogP contribution is 2.38. The largest absolute Gasteiger partial charge is 0.490 e. The third-order valence-electron chi connectivity index (χ3n) is 2.99. The summed E-state index contributed by atoms with van der Waals surface area (Å²) in [5, 5.41) is 16.7. The van der Waals surface area contributed by atoms with E-state index >= 15 is 0 Å². The van der Waals surface area contributed by atoms with Gasteiger partial charge in [0.25, 0.3) is 0 Å². The van der Waals surface area contributed by atoms with Crippen LogP contribution in [-0.4, -0.2) is 23.3 Å². The van der Waals surface area contributed by atoms with Gasteiger partial charge in [-0.1, -0.05) is 11.6 Å². The zero-order valence-electron chi connectivity index (χ0n) is 10.7. The molecule has 1 aliphatic carbocycles. The van der Waals surface area contributed by atoms with Crippen molar-refractivity contribution in [2.45, 2.75) is 31.0 Å². The summed E-state index contributed by atoms with van der Waals surface area (Å²) < 4.78 is 31.7. The van der Waals surface area contributed by atoms with Crippen molar-refractivity contribution in [1.82, 2.24) is 0 Å². The Balaban J connectivity index is 0.000000270. The van der Waals surface area contributed by atoms with Crippen LogP contribution in [0.3, 0.4) is 0 Å². The van der Waals surface area contributed by atoms with Gasteiger partial charge in [0.05, 0.1) is 11.6 Å². The summed E-state index contributed by atoms with van der Waals surface area (Å²) in [5.41, 5.74) is 7.51. The van der Waals surface area contributed by atoms with Crippen LogP contribution in [0.15, 0.2) is 18.2 Å². The predicted molar refractivity (Wildman–Crippen MR) is 69.8 cm³/mol. The Bertz CT molecular complexity index is 564. The molecule has 0 spiro atoms. The van der Waals surface area contributed by atoms with Gasteiger partial charge in [-0.15, -0.1) is 0 Å². The topological polar surface area (TPSA) is 87.1 Å². The lowest BCUT2D eigenvalue weighted by Crippen LogP contribution is -2.35. The average Bonchev–Trinajstić information content (AvgIpc) is 2.34. The lowest BCUT2D eigenvalue weighted by molar-refractivity contribution is -0.192. The van der Waals surface area contributed by atoms with Gasteiger partial charge in [-0.3, -0.25) is 0 Å². The molecule has 1 saturated carbocycles. The number of aliphatic carboxylic acids is 1. The van der Waals surface area contributed by atoms with Gasteiger partial charge in [0.1, 0.15) is 0 Å². The van der Waals surface area contributed by atoms with Crippen LogP contribution in [0, 0.1) is 11.3 Å². The first-order valence-electron chi connectivity index (χ1n) is 5.90. The van der Waals surface area contributed by atoms with Gasteiger partial charge in [-0.25, -0.2) is 4.79 Å². The van der Waals surface area contributed by atoms with Crippen LogP contribution >= 0.6 is 11.6 Å². The van der Waals surface area contributed by atoms with Gasteiger partial charge in [-0.2, -0.15) is 18.4 Å². The maximum Gasteiger partial charge on any atom is 0.490 e. The zero-order valence-corrected chi connectivity index (χ0v) is 11.4. The number of rotatable bonds is 1. The molecule has 0 radical (unpaired) electrons. The van der Waals surface area contributed by atoms with Crippen LogP contribution in [0.4, 0.5) is 13.2 Å². The molecule has 0 heterocycles. The maximum absolute atomic E-state index is 10.6. The molecule has 1 aromatic carbocycles. The Morgan fingerprint density at radius 1 is 1.43 bits per heavy atom. The average molecular weight is 321 g/mol. The van der Waals surface area contributed by atoms with E-state index in [0.717, 1.165) is 24.0 Å². The van der Waals surface area contributed by atoms with Crippen LogP contribution in [0.5, 0.6) is 0 Å². The van der Waals surface area contributed by atoms with E-state index in [-0.39, 0.29) is 0 Å². The summed E-state index contributed by atoms with van der Waals surface area (Å²) in [5.74, 6) is -2.33. The van der Waals surface area contributed by atoms with E-state index in [4.69, 9.17) is 32.5 Å². The number of carbonyl (C=O) groups is 1. The lowest BCUT2D eigenvalue weighted by atomic mass is 9.75. The van der Waals surface area contributed by atoms with Crippen molar-refractivity contribution in [3.05, 3.63) is 34.3 Å². The van der Waals surface area contributed by atoms with Crippen molar-refractivity contribution in [2.75, 3.05) is 0 Å². The van der Waals surface area contributed by atoms with Crippen molar-refractivity contribution in [1.29, 1.82) is 5.26 Å². The standard InChI is InChI=1S/C11H11ClN2.C2HF3O2/c12-9-2-1-7(6-13)11(5-9)8-3-10(14)4-8;3-2(4,5)1(6)7/h1-2,5,8,10H,3-4,14H2;(H,6,7). The molecule has 0 amide bonds. The number of halogens is 4. The molecule has 21 heavy (non-hydrogen) atoms. The van der Waals surface area contributed by atoms with Gasteiger partial charge in [0.15, 0.2) is 0 Å². The van der Waals surface area contributed by atoms with Gasteiger partial charge < -0.3 is 10.8 Å². The van der Waals surface area contributed by atoms with Crippen molar-refractivity contribution in [2.24, 2.45) is 5.73 Å². The van der Waals surface area contributed by atoms with E-state index in [1.165, 1.54) is 0 Å². The minimum absolute atomic E-state index is 0.297. The zero-order chi connectivity index (χ0) is 16.2. The minimum Gasteiger partial charge on any atom is -0.475 e. The minimum atomic E-state index is -5.08. The molecule has 1 aliphatic rings. The highest BCUT2D eigenvalue weighted by atomic mass is 35.5. The Labute approximate surface area is 123 Å². The summed E-state index contributed by atoms with van der Waals surface area (Å²) in [4.78, 5) is 8.90. The molecule has 114 valence electrons. The number of carboxylic acid groups (broad SMARTS) is 1. The molecular weight excluding hydrogens is 309 g/mol. The molecule has 0 aromatic heterocycles. The number of nitriles is 1.